The molecule has 5 heteroatoms. The van der Waals surface area contributed by atoms with Gasteiger partial charge in [0.2, 0.25) is 5.91 Å². The molecule has 1 amide bonds. The number of nitrogens with zero attached hydrogens (tertiary/aromatic N) is 2. The number of carbonyl (C=O) groups excluding carboxylic acids is 1. The van der Waals surface area contributed by atoms with Crippen molar-refractivity contribution in [1.82, 2.24) is 4.90 Å². The molecule has 1 heterocycles. The van der Waals surface area contributed by atoms with Crippen molar-refractivity contribution < 1.29 is 9.53 Å². The first-order chi connectivity index (χ1) is 13.5. The number of benzene rings is 2. The predicted molar refractivity (Wildman–Crippen MR) is 115 cm³/mol. The van der Waals surface area contributed by atoms with Gasteiger partial charge in [-0.3, -0.25) is 4.79 Å². The van der Waals surface area contributed by atoms with Gasteiger partial charge in [-0.05, 0) is 41.3 Å². The highest BCUT2D eigenvalue weighted by Crippen LogP contribution is 2.28. The van der Waals surface area contributed by atoms with Crippen molar-refractivity contribution in [3.05, 3.63) is 64.7 Å². The fourth-order valence-electron chi connectivity index (χ4n) is 3.71. The van der Waals surface area contributed by atoms with Crippen LogP contribution in [0.4, 0.5) is 5.69 Å². The van der Waals surface area contributed by atoms with E-state index in [1.165, 1.54) is 5.69 Å². The van der Waals surface area contributed by atoms with Crippen LogP contribution in [0.25, 0.3) is 0 Å². The summed E-state index contributed by atoms with van der Waals surface area (Å²) in [4.78, 5) is 17.3. The third-order valence-corrected chi connectivity index (χ3v) is 5.52. The van der Waals surface area contributed by atoms with Crippen LogP contribution in [-0.4, -0.2) is 44.2 Å². The molecule has 28 heavy (non-hydrogen) atoms. The van der Waals surface area contributed by atoms with E-state index in [0.717, 1.165) is 37.4 Å². The second-order valence-electron chi connectivity index (χ2n) is 7.73. The first-order valence-electron chi connectivity index (χ1n) is 9.88. The first kappa shape index (κ1) is 20.7. The molecule has 0 aliphatic carbocycles. The van der Waals surface area contributed by atoms with E-state index >= 15 is 0 Å². The van der Waals surface area contributed by atoms with Crippen LogP contribution in [0.15, 0.2) is 48.5 Å². The lowest BCUT2D eigenvalue weighted by Crippen LogP contribution is -2.36. The monoisotopic (exact) mass is 400 g/mol. The number of hydrogen-bond donors (Lipinski definition) is 0. The molecule has 1 saturated heterocycles. The summed E-state index contributed by atoms with van der Waals surface area (Å²) in [6, 6.07) is 16.1. The predicted octanol–water partition coefficient (Wildman–Crippen LogP) is 4.57. The second kappa shape index (κ2) is 9.44. The third-order valence-electron chi connectivity index (χ3n) is 5.27. The van der Waals surface area contributed by atoms with Crippen molar-refractivity contribution in [2.45, 2.75) is 26.3 Å². The minimum Gasteiger partial charge on any atom is -0.378 e. The summed E-state index contributed by atoms with van der Waals surface area (Å²) >= 11 is 6.01. The molecule has 0 N–H and O–H groups in total. The molecule has 2 aromatic carbocycles. The number of hydrogen-bond acceptors (Lipinski definition) is 3. The van der Waals surface area contributed by atoms with Crippen LogP contribution in [0.2, 0.25) is 5.02 Å². The van der Waals surface area contributed by atoms with Crippen LogP contribution in [0, 0.1) is 5.92 Å². The molecule has 0 radical (unpaired) electrons. The van der Waals surface area contributed by atoms with Crippen LogP contribution < -0.4 is 4.90 Å². The van der Waals surface area contributed by atoms with Gasteiger partial charge in [-0.25, -0.2) is 0 Å². The Kier molecular flexibility index (Phi) is 6.97. The van der Waals surface area contributed by atoms with E-state index in [1.54, 1.807) is 0 Å². The maximum atomic E-state index is 13.2. The smallest absolute Gasteiger partial charge is 0.230 e. The van der Waals surface area contributed by atoms with Crippen molar-refractivity contribution in [1.29, 1.82) is 0 Å². The number of ether oxygens (including phenoxy) is 1. The average Bonchev–Trinajstić information content (AvgIpc) is 2.70. The minimum absolute atomic E-state index is 0.134. The molecule has 1 unspecified atom stereocenters. The standard InChI is InChI=1S/C23H29ClN2O2/c1-17(2)22(19-6-8-20(24)9-7-19)23(27)25(3)16-18-4-10-21(11-5-18)26-12-14-28-15-13-26/h4-11,17,22H,12-16H2,1-3H3. The molecule has 1 fully saturated rings. The van der Waals surface area contributed by atoms with E-state index in [2.05, 4.69) is 43.0 Å². The van der Waals surface area contributed by atoms with Crippen molar-refractivity contribution in [3.63, 3.8) is 0 Å². The number of rotatable bonds is 6. The molecular formula is C23H29ClN2O2. The first-order valence-corrected chi connectivity index (χ1v) is 10.3. The lowest BCUT2D eigenvalue weighted by molar-refractivity contribution is -0.133. The van der Waals surface area contributed by atoms with E-state index in [4.69, 9.17) is 16.3 Å². The van der Waals surface area contributed by atoms with E-state index in [0.29, 0.717) is 11.6 Å². The van der Waals surface area contributed by atoms with Gasteiger partial charge in [0.05, 0.1) is 19.1 Å². The van der Waals surface area contributed by atoms with E-state index in [-0.39, 0.29) is 17.7 Å². The maximum Gasteiger partial charge on any atom is 0.230 e. The van der Waals surface area contributed by atoms with Crippen molar-refractivity contribution in [2.24, 2.45) is 5.92 Å². The molecule has 0 aromatic heterocycles. The average molecular weight is 401 g/mol. The Morgan fingerprint density at radius 1 is 1.07 bits per heavy atom. The Morgan fingerprint density at radius 2 is 1.68 bits per heavy atom. The van der Waals surface area contributed by atoms with Gasteiger partial charge in [-0.15, -0.1) is 0 Å². The Labute approximate surface area is 173 Å². The Bertz CT molecular complexity index is 768. The van der Waals surface area contributed by atoms with Crippen LogP contribution >= 0.6 is 11.6 Å². The Balaban J connectivity index is 1.67. The summed E-state index contributed by atoms with van der Waals surface area (Å²) in [7, 11) is 1.88. The van der Waals surface area contributed by atoms with E-state index in [9.17, 15) is 4.79 Å². The number of amides is 1. The minimum atomic E-state index is -0.171. The zero-order chi connectivity index (χ0) is 20.1. The zero-order valence-corrected chi connectivity index (χ0v) is 17.7. The SMILES string of the molecule is CC(C)C(C(=O)N(C)Cc1ccc(N2CCOCC2)cc1)c1ccc(Cl)cc1. The highest BCUT2D eigenvalue weighted by atomic mass is 35.5. The highest BCUT2D eigenvalue weighted by Gasteiger charge is 2.27. The number of carbonyl (C=O) groups is 1. The summed E-state index contributed by atoms with van der Waals surface area (Å²) in [5.74, 6) is 0.171. The van der Waals surface area contributed by atoms with Gasteiger partial charge in [-0.2, -0.15) is 0 Å². The number of morpholine rings is 1. The van der Waals surface area contributed by atoms with Crippen molar-refractivity contribution in [2.75, 3.05) is 38.3 Å². The van der Waals surface area contributed by atoms with Gasteiger partial charge in [0.1, 0.15) is 0 Å². The number of halogens is 1. The van der Waals surface area contributed by atoms with Gasteiger partial charge in [-0.1, -0.05) is 49.7 Å². The summed E-state index contributed by atoms with van der Waals surface area (Å²) in [5.41, 5.74) is 3.35. The van der Waals surface area contributed by atoms with Gasteiger partial charge in [0.25, 0.3) is 0 Å². The number of anilines is 1. The molecule has 0 spiro atoms. The molecular weight excluding hydrogens is 372 g/mol. The molecule has 1 aliphatic heterocycles. The third kappa shape index (κ3) is 5.06. The molecule has 4 nitrogen and oxygen atoms in total. The van der Waals surface area contributed by atoms with E-state index < -0.39 is 0 Å². The van der Waals surface area contributed by atoms with Crippen molar-refractivity contribution >= 4 is 23.2 Å². The number of likely N-dealkylation sites (N-methyl/N-ethyl adjacent to an activating group) is 1. The lowest BCUT2D eigenvalue weighted by Gasteiger charge is -2.29. The summed E-state index contributed by atoms with van der Waals surface area (Å²) in [6.07, 6.45) is 0. The molecule has 0 bridgehead atoms. The Morgan fingerprint density at radius 3 is 2.25 bits per heavy atom. The summed E-state index contributed by atoms with van der Waals surface area (Å²) in [5, 5.41) is 0.687. The van der Waals surface area contributed by atoms with Crippen molar-refractivity contribution in [3.8, 4) is 0 Å². The van der Waals surface area contributed by atoms with Crippen LogP contribution in [0.5, 0.6) is 0 Å². The molecule has 1 aliphatic rings. The second-order valence-corrected chi connectivity index (χ2v) is 8.17. The van der Waals surface area contributed by atoms with Gasteiger partial charge in [0, 0.05) is 37.4 Å². The van der Waals surface area contributed by atoms with Gasteiger partial charge in [0.15, 0.2) is 0 Å². The van der Waals surface area contributed by atoms with Gasteiger partial charge >= 0.3 is 0 Å². The molecule has 2 aromatic rings. The van der Waals surface area contributed by atoms with E-state index in [1.807, 2.05) is 36.2 Å². The largest absolute Gasteiger partial charge is 0.378 e. The zero-order valence-electron chi connectivity index (χ0n) is 16.9. The summed E-state index contributed by atoms with van der Waals surface area (Å²) < 4.78 is 5.42. The topological polar surface area (TPSA) is 32.8 Å². The normalized spacial score (nSPS) is 15.5. The van der Waals surface area contributed by atoms with Crippen LogP contribution in [0.3, 0.4) is 0 Å². The van der Waals surface area contributed by atoms with Crippen LogP contribution in [-0.2, 0) is 16.1 Å². The lowest BCUT2D eigenvalue weighted by atomic mass is 9.87. The molecule has 1 atom stereocenters. The highest BCUT2D eigenvalue weighted by molar-refractivity contribution is 6.30. The molecule has 3 rings (SSSR count). The fourth-order valence-corrected chi connectivity index (χ4v) is 3.83. The quantitative estimate of drug-likeness (QED) is 0.711. The fraction of sp³-hybridized carbons (Fsp3) is 0.435. The molecule has 150 valence electrons. The maximum absolute atomic E-state index is 13.2. The van der Waals surface area contributed by atoms with Gasteiger partial charge < -0.3 is 14.5 Å². The summed E-state index contributed by atoms with van der Waals surface area (Å²) in [6.45, 7) is 8.17. The molecule has 0 saturated carbocycles. The van der Waals surface area contributed by atoms with Crippen LogP contribution in [0.1, 0.15) is 30.9 Å². The Hall–Kier alpha value is -2.04.